The summed E-state index contributed by atoms with van der Waals surface area (Å²) in [6.07, 6.45) is 5.88. The quantitative estimate of drug-likeness (QED) is 0.174. The predicted octanol–water partition coefficient (Wildman–Crippen LogP) is 3.44. The molecule has 5 N–H and O–H groups in total. The van der Waals surface area contributed by atoms with Gasteiger partial charge < -0.3 is 30.4 Å². The largest absolute Gasteiger partial charge is 0.452 e. The fourth-order valence-corrected chi connectivity index (χ4v) is 5.36. The lowest BCUT2D eigenvalue weighted by Crippen LogP contribution is -2.76. The van der Waals surface area contributed by atoms with Gasteiger partial charge in [-0.2, -0.15) is 5.10 Å². The van der Waals surface area contributed by atoms with Crippen molar-refractivity contribution in [3.8, 4) is 17.2 Å². The average Bonchev–Trinajstić information content (AvgIpc) is 3.61. The van der Waals surface area contributed by atoms with Crippen LogP contribution in [-0.2, 0) is 18.3 Å². The third-order valence-electron chi connectivity index (χ3n) is 7.62. The number of allylic oxidation sites excluding steroid dienone is 1. The van der Waals surface area contributed by atoms with Crippen molar-refractivity contribution in [2.75, 3.05) is 36.5 Å². The minimum absolute atomic E-state index is 0.0537. The van der Waals surface area contributed by atoms with Crippen LogP contribution in [0.15, 0.2) is 77.9 Å². The minimum Gasteiger partial charge on any atom is -0.452 e. The molecule has 14 heteroatoms. The SMILES string of the molecule is Cn1c(C[NH2+]/C=C\C=N)c(C(=O)Nc2ccc(Oc3cc4cn[nH]c4cc3N3CCOCC3)c(F)c2)c(=O)n1-c1ccc(F)cc1. The molecule has 5 aromatic rings. The van der Waals surface area contributed by atoms with Gasteiger partial charge in [0.25, 0.3) is 11.5 Å². The van der Waals surface area contributed by atoms with Crippen LogP contribution in [0.25, 0.3) is 16.6 Å². The number of benzene rings is 3. The maximum atomic E-state index is 15.5. The van der Waals surface area contributed by atoms with Crippen LogP contribution >= 0.6 is 0 Å². The van der Waals surface area contributed by atoms with Crippen molar-refractivity contribution in [1.29, 1.82) is 5.41 Å². The van der Waals surface area contributed by atoms with E-state index in [1.165, 1.54) is 51.8 Å². The number of ether oxygens (including phenoxy) is 2. The predicted molar refractivity (Wildman–Crippen MR) is 168 cm³/mol. The van der Waals surface area contributed by atoms with Gasteiger partial charge in [0.2, 0.25) is 0 Å². The van der Waals surface area contributed by atoms with E-state index < -0.39 is 23.1 Å². The van der Waals surface area contributed by atoms with Gasteiger partial charge >= 0.3 is 0 Å². The van der Waals surface area contributed by atoms with Crippen molar-refractivity contribution >= 4 is 34.4 Å². The standard InChI is InChI=1S/C32H30F2N8O4/c1-40-27(19-36-10-2-9-35)30(32(44)42(40)23-6-3-21(33)4-7-23)31(43)38-22-5-8-28(24(34)16-22)46-29-15-20-18-37-39-25(20)17-26(29)41-11-13-45-14-12-41/h2-10,15-18,35-36H,11-14,19H2,1H3,(H,37,39)(H,38,43)/p+1/b10-2-,35-9?. The molecule has 0 spiro atoms. The first-order chi connectivity index (χ1) is 22.3. The summed E-state index contributed by atoms with van der Waals surface area (Å²) in [5.74, 6) is -1.55. The molecule has 0 radical (unpaired) electrons. The first-order valence-corrected chi connectivity index (χ1v) is 14.5. The summed E-state index contributed by atoms with van der Waals surface area (Å²) in [5, 5.41) is 19.3. The van der Waals surface area contributed by atoms with Crippen LogP contribution in [0.5, 0.6) is 11.5 Å². The maximum Gasteiger partial charge on any atom is 0.284 e. The first kappa shape index (κ1) is 30.4. The highest BCUT2D eigenvalue weighted by Crippen LogP contribution is 2.37. The molecule has 2 aromatic heterocycles. The Bertz CT molecular complexity index is 1990. The zero-order valence-electron chi connectivity index (χ0n) is 24.8. The van der Waals surface area contributed by atoms with Crippen molar-refractivity contribution in [3.63, 3.8) is 0 Å². The third-order valence-corrected chi connectivity index (χ3v) is 7.62. The number of morpholine rings is 1. The molecule has 3 aromatic carbocycles. The normalized spacial score (nSPS) is 13.4. The van der Waals surface area contributed by atoms with Gasteiger partial charge in [0, 0.05) is 49.6 Å². The van der Waals surface area contributed by atoms with E-state index >= 15 is 4.39 Å². The van der Waals surface area contributed by atoms with Crippen molar-refractivity contribution in [2.24, 2.45) is 7.05 Å². The Morgan fingerprint density at radius 3 is 2.65 bits per heavy atom. The third kappa shape index (κ3) is 6.16. The molecule has 12 nitrogen and oxygen atoms in total. The zero-order chi connectivity index (χ0) is 32.2. The van der Waals surface area contributed by atoms with E-state index in [2.05, 4.69) is 20.4 Å². The second kappa shape index (κ2) is 13.2. The number of nitrogens with one attached hydrogen (secondary N) is 3. The Balaban J connectivity index is 1.28. The van der Waals surface area contributed by atoms with Crippen LogP contribution in [0, 0.1) is 17.0 Å². The molecular formula is C32H31F2N8O4+. The highest BCUT2D eigenvalue weighted by Gasteiger charge is 2.26. The molecule has 0 saturated carbocycles. The summed E-state index contributed by atoms with van der Waals surface area (Å²) in [5.41, 5.74) is 1.64. The van der Waals surface area contributed by atoms with Crippen molar-refractivity contribution in [1.82, 2.24) is 19.6 Å². The zero-order valence-corrected chi connectivity index (χ0v) is 24.8. The van der Waals surface area contributed by atoms with Crippen molar-refractivity contribution < 1.29 is 28.4 Å². The number of nitrogens with two attached hydrogens (primary N) is 1. The lowest BCUT2D eigenvalue weighted by Gasteiger charge is -2.30. The summed E-state index contributed by atoms with van der Waals surface area (Å²) in [6.45, 7) is 2.58. The number of nitrogens with zero attached hydrogens (tertiary/aromatic N) is 4. The van der Waals surface area contributed by atoms with Gasteiger partial charge in [-0.3, -0.25) is 19.4 Å². The molecule has 0 aliphatic carbocycles. The highest BCUT2D eigenvalue weighted by atomic mass is 19.1. The average molecular weight is 630 g/mol. The monoisotopic (exact) mass is 629 g/mol. The molecule has 236 valence electrons. The van der Waals surface area contributed by atoms with Crippen LogP contribution in [0.3, 0.4) is 0 Å². The van der Waals surface area contributed by atoms with Gasteiger partial charge in [0.1, 0.15) is 23.6 Å². The van der Waals surface area contributed by atoms with Crippen LogP contribution < -0.4 is 25.8 Å². The fraction of sp³-hybridized carbons (Fsp3) is 0.188. The number of H-pyrrole nitrogens is 1. The molecule has 1 aliphatic rings. The first-order valence-electron chi connectivity index (χ1n) is 14.5. The number of fused-ring (bicyclic) bond motifs is 1. The number of aromatic nitrogens is 4. The van der Waals surface area contributed by atoms with Gasteiger partial charge in [-0.05, 0) is 48.5 Å². The van der Waals surface area contributed by atoms with E-state index in [4.69, 9.17) is 14.9 Å². The molecule has 1 amide bonds. The Hall–Kier alpha value is -5.60. The number of rotatable bonds is 10. The number of carbonyl (C=O) groups excluding carboxylic acids is 1. The second-order valence-electron chi connectivity index (χ2n) is 10.5. The Morgan fingerprint density at radius 1 is 1.13 bits per heavy atom. The van der Waals surface area contributed by atoms with Crippen LogP contribution in [-0.4, -0.2) is 58.0 Å². The molecule has 1 fully saturated rings. The summed E-state index contributed by atoms with van der Waals surface area (Å²) in [4.78, 5) is 29.2. The Kier molecular flexibility index (Phi) is 8.72. The lowest BCUT2D eigenvalue weighted by atomic mass is 10.2. The van der Waals surface area contributed by atoms with Gasteiger partial charge in [0.05, 0.1) is 42.5 Å². The van der Waals surface area contributed by atoms with E-state index in [1.54, 1.807) is 30.8 Å². The Morgan fingerprint density at radius 2 is 1.91 bits per heavy atom. The van der Waals surface area contributed by atoms with Crippen LogP contribution in [0.2, 0.25) is 0 Å². The molecule has 0 atom stereocenters. The number of hydrogen-bond acceptors (Lipinski definition) is 7. The van der Waals surface area contributed by atoms with Gasteiger partial charge in [-0.15, -0.1) is 0 Å². The number of carbonyl (C=O) groups is 1. The summed E-state index contributed by atoms with van der Waals surface area (Å²) in [6, 6.07) is 13.0. The second-order valence-corrected chi connectivity index (χ2v) is 10.5. The van der Waals surface area contributed by atoms with Gasteiger partial charge in [0.15, 0.2) is 17.3 Å². The molecule has 6 rings (SSSR count). The fourth-order valence-electron chi connectivity index (χ4n) is 5.36. The molecule has 0 unspecified atom stereocenters. The van der Waals surface area contributed by atoms with E-state index in [-0.39, 0.29) is 23.5 Å². The lowest BCUT2D eigenvalue weighted by molar-refractivity contribution is -0.605. The number of amides is 1. The summed E-state index contributed by atoms with van der Waals surface area (Å²) in [7, 11) is 1.61. The number of anilines is 2. The summed E-state index contributed by atoms with van der Waals surface area (Å²) >= 11 is 0. The topological polar surface area (TPSA) is 147 Å². The van der Waals surface area contributed by atoms with Gasteiger partial charge in [-0.1, -0.05) is 0 Å². The number of aromatic amines is 1. The van der Waals surface area contributed by atoms with Crippen molar-refractivity contribution in [2.45, 2.75) is 6.54 Å². The smallest absolute Gasteiger partial charge is 0.284 e. The Labute approximate surface area is 261 Å². The molecule has 1 saturated heterocycles. The van der Waals surface area contributed by atoms with Gasteiger partial charge in [-0.25, -0.2) is 13.5 Å². The molecule has 1 aliphatic heterocycles. The molecular weight excluding hydrogens is 598 g/mol. The van der Waals surface area contributed by atoms with Crippen molar-refractivity contribution in [3.05, 3.63) is 106 Å². The molecule has 0 bridgehead atoms. The van der Waals surface area contributed by atoms with E-state index in [0.29, 0.717) is 43.4 Å². The summed E-state index contributed by atoms with van der Waals surface area (Å²) < 4.78 is 43.4. The number of halogens is 2. The van der Waals surface area contributed by atoms with E-state index in [9.17, 15) is 14.0 Å². The van der Waals surface area contributed by atoms with Crippen LogP contribution in [0.4, 0.5) is 20.2 Å². The van der Waals surface area contributed by atoms with Crippen LogP contribution in [0.1, 0.15) is 16.1 Å². The molecule has 3 heterocycles. The number of quaternary nitrogens is 1. The van der Waals surface area contributed by atoms with E-state index in [0.717, 1.165) is 28.9 Å². The number of hydrogen-bond donors (Lipinski definition) is 4. The molecule has 46 heavy (non-hydrogen) atoms. The minimum atomic E-state index is -0.742. The highest BCUT2D eigenvalue weighted by molar-refractivity contribution is 6.05. The van der Waals surface area contributed by atoms with E-state index in [1.807, 2.05) is 6.07 Å². The maximum absolute atomic E-state index is 15.5.